The molecule has 1 aromatic carbocycles. The van der Waals surface area contributed by atoms with E-state index < -0.39 is 50.3 Å². The van der Waals surface area contributed by atoms with Crippen LogP contribution >= 0.6 is 0 Å². The summed E-state index contributed by atoms with van der Waals surface area (Å²) in [6, 6.07) is 4.53. The number of hydrogen-bond acceptors (Lipinski definition) is 6. The molecule has 1 unspecified atom stereocenters. The predicted octanol–water partition coefficient (Wildman–Crippen LogP) is 6.06. The molecule has 1 aliphatic heterocycles. The van der Waals surface area contributed by atoms with Gasteiger partial charge in [0, 0.05) is 6.42 Å². The lowest BCUT2D eigenvalue weighted by Crippen LogP contribution is -2.51. The molecule has 1 saturated heterocycles. The number of nitrogens with one attached hydrogen (secondary N) is 1. The van der Waals surface area contributed by atoms with Gasteiger partial charge in [0.05, 0.1) is 11.2 Å². The summed E-state index contributed by atoms with van der Waals surface area (Å²) in [5.41, 5.74) is 0.669. The number of amides is 1. The van der Waals surface area contributed by atoms with Crippen molar-refractivity contribution < 1.29 is 33.2 Å². The number of ether oxygens (including phenoxy) is 1. The molecule has 1 fully saturated rings. The maximum absolute atomic E-state index is 12.4. The Labute approximate surface area is 236 Å². The topological polar surface area (TPSA) is 103 Å². The van der Waals surface area contributed by atoms with Gasteiger partial charge in [-0.15, -0.1) is 0 Å². The summed E-state index contributed by atoms with van der Waals surface area (Å²) in [5, 5.41) is 12.4. The Morgan fingerprint density at radius 2 is 1.44 bits per heavy atom. The van der Waals surface area contributed by atoms with Gasteiger partial charge in [-0.2, -0.15) is 0 Å². The number of carboxylic acids is 1. The van der Waals surface area contributed by atoms with Gasteiger partial charge in [-0.3, -0.25) is 0 Å². The Morgan fingerprint density at radius 3 is 1.85 bits per heavy atom. The zero-order valence-electron chi connectivity index (χ0n) is 26.2. The number of benzene rings is 1. The van der Waals surface area contributed by atoms with E-state index in [9.17, 15) is 14.7 Å². The Balaban J connectivity index is 2.56. The van der Waals surface area contributed by atoms with E-state index in [4.69, 9.17) is 18.5 Å². The summed E-state index contributed by atoms with van der Waals surface area (Å²) in [5.74, 6) is -0.485. The number of hydrogen-bond donors (Lipinski definition) is 2. The van der Waals surface area contributed by atoms with Crippen molar-refractivity contribution >= 4 is 33.0 Å². The maximum Gasteiger partial charge on any atom is 0.494 e. The number of aliphatic carboxylic acids is 1. The normalized spacial score (nSPS) is 18.0. The van der Waals surface area contributed by atoms with Crippen LogP contribution in [0.25, 0.3) is 0 Å². The number of carboxylic acid groups (broad SMARTS) is 1. The molecule has 0 aromatic heterocycles. The molecule has 8 nitrogen and oxygen atoms in total. The van der Waals surface area contributed by atoms with Crippen LogP contribution in [0.1, 0.15) is 95.6 Å². The van der Waals surface area contributed by atoms with Crippen molar-refractivity contribution in [2.24, 2.45) is 0 Å². The van der Waals surface area contributed by atoms with Crippen LogP contribution in [-0.2, 0) is 25.3 Å². The standard InChI is InChI=1S/C29H50BNO7Si/c1-18(2)39(19(3)4,20(5)6)36-23-15-21(16-24(25(32)33)31-26(34)35-27(7,8)9)14-22(17-23)30-37-28(10,11)29(12,13)38-30/h14-15,17-20,24H,16H2,1-13H3,(H,31,34)(H,32,33). The molecular formula is C29H50BNO7Si. The van der Waals surface area contributed by atoms with E-state index in [2.05, 4.69) is 46.9 Å². The first-order valence-corrected chi connectivity index (χ1v) is 16.2. The highest BCUT2D eigenvalue weighted by molar-refractivity contribution is 6.78. The van der Waals surface area contributed by atoms with E-state index in [1.807, 2.05) is 45.9 Å². The van der Waals surface area contributed by atoms with Crippen LogP contribution in [0.4, 0.5) is 4.79 Å². The van der Waals surface area contributed by atoms with Gasteiger partial charge in [-0.25, -0.2) is 9.59 Å². The van der Waals surface area contributed by atoms with Crippen LogP contribution in [-0.4, -0.2) is 55.4 Å². The lowest BCUT2D eigenvalue weighted by Gasteiger charge is -2.42. The largest absolute Gasteiger partial charge is 0.543 e. The van der Waals surface area contributed by atoms with Gasteiger partial charge in [0.1, 0.15) is 17.4 Å². The SMILES string of the molecule is CC(C)[Si](Oc1cc(CC(NC(=O)OC(C)(C)C)C(=O)O)cc(B2OC(C)(C)C(C)(C)O2)c1)(C(C)C)C(C)C. The van der Waals surface area contributed by atoms with E-state index in [0.717, 1.165) is 5.46 Å². The number of carbonyl (C=O) groups excluding carboxylic acids is 1. The molecule has 220 valence electrons. The number of alkyl carbamates (subject to hydrolysis) is 1. The average molecular weight is 564 g/mol. The molecule has 2 rings (SSSR count). The van der Waals surface area contributed by atoms with Crippen molar-refractivity contribution in [2.75, 3.05) is 0 Å². The van der Waals surface area contributed by atoms with E-state index in [1.54, 1.807) is 20.8 Å². The molecule has 10 heteroatoms. The molecular weight excluding hydrogens is 513 g/mol. The third-order valence-electron chi connectivity index (χ3n) is 7.94. The minimum Gasteiger partial charge on any atom is -0.543 e. The number of rotatable bonds is 10. The van der Waals surface area contributed by atoms with Crippen molar-refractivity contribution in [3.05, 3.63) is 23.8 Å². The van der Waals surface area contributed by atoms with E-state index in [0.29, 0.717) is 27.9 Å². The molecule has 1 atom stereocenters. The smallest absolute Gasteiger partial charge is 0.494 e. The lowest BCUT2D eigenvalue weighted by atomic mass is 9.78. The van der Waals surface area contributed by atoms with Crippen LogP contribution in [0.2, 0.25) is 16.6 Å². The Hall–Kier alpha value is -2.04. The molecule has 0 radical (unpaired) electrons. The molecule has 1 aromatic rings. The molecule has 1 heterocycles. The predicted molar refractivity (Wildman–Crippen MR) is 158 cm³/mol. The highest BCUT2D eigenvalue weighted by atomic mass is 28.4. The highest BCUT2D eigenvalue weighted by Crippen LogP contribution is 2.43. The van der Waals surface area contributed by atoms with Crippen LogP contribution < -0.4 is 15.2 Å². The van der Waals surface area contributed by atoms with E-state index in [1.165, 1.54) is 0 Å². The summed E-state index contributed by atoms with van der Waals surface area (Å²) < 4.78 is 25.0. The summed E-state index contributed by atoms with van der Waals surface area (Å²) in [6.45, 7) is 26.5. The minimum atomic E-state index is -2.31. The van der Waals surface area contributed by atoms with Crippen molar-refractivity contribution in [3.63, 3.8) is 0 Å². The van der Waals surface area contributed by atoms with Gasteiger partial charge < -0.3 is 28.9 Å². The van der Waals surface area contributed by atoms with Gasteiger partial charge >= 0.3 is 19.2 Å². The Bertz CT molecular complexity index is 995. The zero-order chi connectivity index (χ0) is 30.1. The molecule has 0 saturated carbocycles. The summed E-state index contributed by atoms with van der Waals surface area (Å²) in [7, 11) is -2.96. The second kappa shape index (κ2) is 11.8. The monoisotopic (exact) mass is 563 g/mol. The maximum atomic E-state index is 12.4. The molecule has 1 amide bonds. The Morgan fingerprint density at radius 1 is 0.949 bits per heavy atom. The second-order valence-corrected chi connectivity index (χ2v) is 19.0. The first-order chi connectivity index (χ1) is 17.6. The third-order valence-corrected chi connectivity index (χ3v) is 13.9. The van der Waals surface area contributed by atoms with Gasteiger partial charge in [0.2, 0.25) is 0 Å². The van der Waals surface area contributed by atoms with Gasteiger partial charge in [-0.1, -0.05) is 47.6 Å². The van der Waals surface area contributed by atoms with Crippen molar-refractivity contribution in [3.8, 4) is 5.75 Å². The molecule has 39 heavy (non-hydrogen) atoms. The van der Waals surface area contributed by atoms with Gasteiger partial charge in [0.25, 0.3) is 8.32 Å². The highest BCUT2D eigenvalue weighted by Gasteiger charge is 2.52. The average Bonchev–Trinajstić information content (AvgIpc) is 2.96. The van der Waals surface area contributed by atoms with Crippen LogP contribution in [0, 0.1) is 0 Å². The minimum absolute atomic E-state index is 0.0396. The first-order valence-electron chi connectivity index (χ1n) is 14.0. The van der Waals surface area contributed by atoms with Crippen LogP contribution in [0.15, 0.2) is 18.2 Å². The third kappa shape index (κ3) is 7.79. The molecule has 2 N–H and O–H groups in total. The van der Waals surface area contributed by atoms with Crippen molar-refractivity contribution in [1.29, 1.82) is 0 Å². The van der Waals surface area contributed by atoms with E-state index >= 15 is 0 Å². The van der Waals surface area contributed by atoms with Gasteiger partial charge in [0.15, 0.2) is 0 Å². The van der Waals surface area contributed by atoms with Crippen LogP contribution in [0.3, 0.4) is 0 Å². The van der Waals surface area contributed by atoms with Crippen molar-refractivity contribution in [2.45, 2.75) is 136 Å². The van der Waals surface area contributed by atoms with Crippen LogP contribution in [0.5, 0.6) is 5.75 Å². The molecule has 1 aliphatic rings. The van der Waals surface area contributed by atoms with Gasteiger partial charge in [-0.05, 0) is 88.2 Å². The fraction of sp³-hybridized carbons (Fsp3) is 0.724. The zero-order valence-corrected chi connectivity index (χ0v) is 27.2. The fourth-order valence-electron chi connectivity index (χ4n) is 5.42. The number of carbonyl (C=O) groups is 2. The lowest BCUT2D eigenvalue weighted by molar-refractivity contribution is -0.139. The van der Waals surface area contributed by atoms with Crippen molar-refractivity contribution in [1.82, 2.24) is 5.32 Å². The second-order valence-electron chi connectivity index (χ2n) is 13.7. The molecule has 0 spiro atoms. The molecule has 0 bridgehead atoms. The summed E-state index contributed by atoms with van der Waals surface area (Å²) in [4.78, 5) is 24.6. The first kappa shape index (κ1) is 33.2. The summed E-state index contributed by atoms with van der Waals surface area (Å²) in [6.07, 6.45) is -0.739. The quantitative estimate of drug-likeness (QED) is 0.334. The molecule has 0 aliphatic carbocycles. The Kier molecular flexibility index (Phi) is 10.1. The van der Waals surface area contributed by atoms with E-state index in [-0.39, 0.29) is 6.42 Å². The summed E-state index contributed by atoms with van der Waals surface area (Å²) >= 11 is 0. The fourth-order valence-corrected chi connectivity index (χ4v) is 10.7.